The molecule has 5 nitrogen and oxygen atoms in total. The van der Waals surface area contributed by atoms with E-state index in [1.165, 1.54) is 16.4 Å². The fourth-order valence-electron chi connectivity index (χ4n) is 3.04. The van der Waals surface area contributed by atoms with E-state index >= 15 is 0 Å². The van der Waals surface area contributed by atoms with Crippen molar-refractivity contribution in [2.75, 3.05) is 16.2 Å². The number of nitrogens with zero attached hydrogens (tertiary/aromatic N) is 1. The van der Waals surface area contributed by atoms with E-state index in [-0.39, 0.29) is 11.4 Å². The summed E-state index contributed by atoms with van der Waals surface area (Å²) in [6.45, 7) is 3.60. The Bertz CT molecular complexity index is 1080. The Morgan fingerprint density at radius 1 is 0.897 bits per heavy atom. The van der Waals surface area contributed by atoms with E-state index in [9.17, 15) is 13.2 Å². The van der Waals surface area contributed by atoms with Gasteiger partial charge < -0.3 is 5.32 Å². The molecule has 0 atom stereocenters. The van der Waals surface area contributed by atoms with Gasteiger partial charge in [-0.1, -0.05) is 61.0 Å². The predicted molar refractivity (Wildman–Crippen MR) is 117 cm³/mol. The number of carbonyl (C=O) groups excluding carboxylic acids is 1. The van der Waals surface area contributed by atoms with Gasteiger partial charge in [0.2, 0.25) is 5.91 Å². The van der Waals surface area contributed by atoms with Gasteiger partial charge in [0.1, 0.15) is 6.54 Å². The third-order valence-corrected chi connectivity index (χ3v) is 6.37. The molecule has 3 rings (SSSR count). The number of carbonyl (C=O) groups is 1. The molecule has 0 bridgehead atoms. The Morgan fingerprint density at radius 2 is 1.52 bits per heavy atom. The van der Waals surface area contributed by atoms with Crippen molar-refractivity contribution in [1.82, 2.24) is 0 Å². The molecule has 1 amide bonds. The zero-order chi connectivity index (χ0) is 20.9. The highest BCUT2D eigenvalue weighted by atomic mass is 32.2. The molecule has 6 heteroatoms. The van der Waals surface area contributed by atoms with Gasteiger partial charge in [0.25, 0.3) is 10.0 Å². The van der Waals surface area contributed by atoms with Crippen LogP contribution in [0.15, 0.2) is 83.8 Å². The molecule has 0 fully saturated rings. The minimum Gasteiger partial charge on any atom is -0.325 e. The molecule has 0 saturated carbocycles. The minimum absolute atomic E-state index is 0.147. The molecule has 0 saturated heterocycles. The topological polar surface area (TPSA) is 66.5 Å². The monoisotopic (exact) mass is 408 g/mol. The minimum atomic E-state index is -3.91. The van der Waals surface area contributed by atoms with Crippen LogP contribution in [0.4, 0.5) is 11.4 Å². The van der Waals surface area contributed by atoms with Crippen molar-refractivity contribution in [2.45, 2.75) is 25.2 Å². The summed E-state index contributed by atoms with van der Waals surface area (Å²) < 4.78 is 27.9. The van der Waals surface area contributed by atoms with Gasteiger partial charge >= 0.3 is 0 Å². The average Bonchev–Trinajstić information content (AvgIpc) is 2.74. The number of hydrogen-bond donors (Lipinski definition) is 1. The Balaban J connectivity index is 1.97. The molecule has 0 aliphatic carbocycles. The van der Waals surface area contributed by atoms with E-state index in [1.807, 2.05) is 38.1 Å². The van der Waals surface area contributed by atoms with Crippen molar-refractivity contribution in [1.29, 1.82) is 0 Å². The maximum Gasteiger partial charge on any atom is 0.264 e. The van der Waals surface area contributed by atoms with Gasteiger partial charge in [0.05, 0.1) is 10.6 Å². The second kappa shape index (κ2) is 8.92. The van der Waals surface area contributed by atoms with Crippen molar-refractivity contribution in [3.05, 3.63) is 90.0 Å². The van der Waals surface area contributed by atoms with Gasteiger partial charge in [-0.2, -0.15) is 0 Å². The van der Waals surface area contributed by atoms with E-state index in [2.05, 4.69) is 5.32 Å². The largest absolute Gasteiger partial charge is 0.325 e. The lowest BCUT2D eigenvalue weighted by molar-refractivity contribution is -0.114. The van der Waals surface area contributed by atoms with E-state index in [0.717, 1.165) is 11.1 Å². The molecule has 3 aromatic carbocycles. The molecule has 0 aliphatic rings. The summed E-state index contributed by atoms with van der Waals surface area (Å²) in [5, 5.41) is 2.79. The quantitative estimate of drug-likeness (QED) is 0.630. The van der Waals surface area contributed by atoms with Gasteiger partial charge in [0.15, 0.2) is 0 Å². The lowest BCUT2D eigenvalue weighted by atomic mass is 10.1. The predicted octanol–water partition coefficient (Wildman–Crippen LogP) is 4.39. The molecular weight excluding hydrogens is 384 g/mol. The summed E-state index contributed by atoms with van der Waals surface area (Å²) in [4.78, 5) is 12.9. The summed E-state index contributed by atoms with van der Waals surface area (Å²) in [6.07, 6.45) is 0.649. The lowest BCUT2D eigenvalue weighted by Crippen LogP contribution is -2.38. The van der Waals surface area contributed by atoms with Crippen LogP contribution in [0.3, 0.4) is 0 Å². The van der Waals surface area contributed by atoms with E-state index < -0.39 is 15.9 Å². The van der Waals surface area contributed by atoms with Crippen molar-refractivity contribution >= 4 is 27.3 Å². The molecule has 0 spiro atoms. The highest BCUT2D eigenvalue weighted by Crippen LogP contribution is 2.27. The van der Waals surface area contributed by atoms with Crippen molar-refractivity contribution in [3.63, 3.8) is 0 Å². The third kappa shape index (κ3) is 4.84. The van der Waals surface area contributed by atoms with Gasteiger partial charge in [-0.25, -0.2) is 8.42 Å². The molecule has 0 unspecified atom stereocenters. The Hall–Kier alpha value is -3.12. The number of aryl methyl sites for hydroxylation is 2. The number of amides is 1. The highest BCUT2D eigenvalue weighted by Gasteiger charge is 2.28. The molecule has 0 aromatic heterocycles. The zero-order valence-corrected chi connectivity index (χ0v) is 17.3. The molecule has 3 aromatic rings. The van der Waals surface area contributed by atoms with Crippen LogP contribution in [0.25, 0.3) is 0 Å². The first-order valence-corrected chi connectivity index (χ1v) is 10.9. The standard InChI is InChI=1S/C23H24N2O3S/c1-3-19-9-7-8-12-22(19)25(29(27,28)21-10-5-4-6-11-21)17-23(26)24-20-15-13-18(2)14-16-20/h4-16H,3,17H2,1-2H3,(H,24,26). The van der Waals surface area contributed by atoms with Crippen LogP contribution in [0, 0.1) is 6.92 Å². The maximum atomic E-state index is 13.4. The van der Waals surface area contributed by atoms with Gasteiger partial charge in [-0.15, -0.1) is 0 Å². The summed E-state index contributed by atoms with van der Waals surface area (Å²) in [6, 6.07) is 22.8. The van der Waals surface area contributed by atoms with Crippen LogP contribution >= 0.6 is 0 Å². The van der Waals surface area contributed by atoms with Crippen molar-refractivity contribution < 1.29 is 13.2 Å². The number of rotatable bonds is 7. The molecule has 0 radical (unpaired) electrons. The van der Waals surface area contributed by atoms with Crippen LogP contribution in [0.5, 0.6) is 0 Å². The fourth-order valence-corrected chi connectivity index (χ4v) is 4.52. The van der Waals surface area contributed by atoms with Gasteiger partial charge in [-0.3, -0.25) is 9.10 Å². The number of sulfonamides is 1. The first kappa shape index (κ1) is 20.6. The van der Waals surface area contributed by atoms with Crippen molar-refractivity contribution in [2.24, 2.45) is 0 Å². The van der Waals surface area contributed by atoms with Gasteiger partial charge in [-0.05, 0) is 49.2 Å². The van der Waals surface area contributed by atoms with Crippen LogP contribution in [-0.2, 0) is 21.2 Å². The number of nitrogens with one attached hydrogen (secondary N) is 1. The number of para-hydroxylation sites is 1. The summed E-state index contributed by atoms with van der Waals surface area (Å²) >= 11 is 0. The fraction of sp³-hybridized carbons (Fsp3) is 0.174. The molecule has 1 N–H and O–H groups in total. The van der Waals surface area contributed by atoms with Crippen LogP contribution in [0.1, 0.15) is 18.1 Å². The first-order chi connectivity index (χ1) is 13.9. The normalized spacial score (nSPS) is 11.1. The molecule has 0 aliphatic heterocycles. The zero-order valence-electron chi connectivity index (χ0n) is 16.5. The molecule has 0 heterocycles. The molecular formula is C23H24N2O3S. The summed E-state index contributed by atoms with van der Waals surface area (Å²) in [7, 11) is -3.91. The smallest absolute Gasteiger partial charge is 0.264 e. The number of anilines is 2. The number of hydrogen-bond acceptors (Lipinski definition) is 3. The van der Waals surface area contributed by atoms with Crippen LogP contribution < -0.4 is 9.62 Å². The SMILES string of the molecule is CCc1ccccc1N(CC(=O)Nc1ccc(C)cc1)S(=O)(=O)c1ccccc1. The highest BCUT2D eigenvalue weighted by molar-refractivity contribution is 7.92. The van der Waals surface area contributed by atoms with Crippen LogP contribution in [-0.4, -0.2) is 20.9 Å². The third-order valence-electron chi connectivity index (χ3n) is 4.59. The Kier molecular flexibility index (Phi) is 6.34. The Labute approximate surface area is 172 Å². The van der Waals surface area contributed by atoms with E-state index in [0.29, 0.717) is 17.8 Å². The van der Waals surface area contributed by atoms with E-state index in [4.69, 9.17) is 0 Å². The Morgan fingerprint density at radius 3 is 2.17 bits per heavy atom. The first-order valence-electron chi connectivity index (χ1n) is 9.44. The lowest BCUT2D eigenvalue weighted by Gasteiger charge is -2.26. The summed E-state index contributed by atoms with van der Waals surface area (Å²) in [5.41, 5.74) is 3.07. The second-order valence-electron chi connectivity index (χ2n) is 6.72. The van der Waals surface area contributed by atoms with E-state index in [1.54, 1.807) is 42.5 Å². The van der Waals surface area contributed by atoms with Crippen molar-refractivity contribution in [3.8, 4) is 0 Å². The average molecular weight is 409 g/mol. The van der Waals surface area contributed by atoms with Gasteiger partial charge in [0, 0.05) is 5.69 Å². The number of benzene rings is 3. The van der Waals surface area contributed by atoms with Crippen LogP contribution in [0.2, 0.25) is 0 Å². The maximum absolute atomic E-state index is 13.4. The molecule has 150 valence electrons. The summed E-state index contributed by atoms with van der Waals surface area (Å²) in [5.74, 6) is -0.403. The second-order valence-corrected chi connectivity index (χ2v) is 8.58. The molecule has 29 heavy (non-hydrogen) atoms.